The maximum absolute atomic E-state index is 3.54. The largest absolute Gasteiger partial charge is 0.312 e. The quantitative estimate of drug-likeness (QED) is 0.697. The summed E-state index contributed by atoms with van der Waals surface area (Å²) in [7, 11) is 0. The van der Waals surface area contributed by atoms with Crippen LogP contribution in [0.3, 0.4) is 0 Å². The maximum Gasteiger partial charge on any atom is 0.0345 e. The normalized spacial score (nSPS) is 18.4. The van der Waals surface area contributed by atoms with E-state index in [9.17, 15) is 0 Å². The predicted octanol–water partition coefficient (Wildman–Crippen LogP) is 4.14. The van der Waals surface area contributed by atoms with Gasteiger partial charge in [-0.3, -0.25) is 0 Å². The van der Waals surface area contributed by atoms with Gasteiger partial charge in [0, 0.05) is 28.6 Å². The Bertz CT molecular complexity index is 696. The van der Waals surface area contributed by atoms with Crippen molar-refractivity contribution in [2.45, 2.75) is 12.5 Å². The third-order valence-corrected chi connectivity index (χ3v) is 5.11. The maximum atomic E-state index is 3.54. The number of thiophene rings is 1. The molecule has 1 nitrogen and oxygen atoms in total. The van der Waals surface area contributed by atoms with Crippen molar-refractivity contribution >= 4 is 21.4 Å². The van der Waals surface area contributed by atoms with Gasteiger partial charge in [0.1, 0.15) is 0 Å². The highest BCUT2D eigenvalue weighted by Gasteiger charge is 2.22. The van der Waals surface area contributed by atoms with Crippen LogP contribution < -0.4 is 5.32 Å². The van der Waals surface area contributed by atoms with Crippen molar-refractivity contribution in [2.75, 3.05) is 6.54 Å². The van der Waals surface area contributed by atoms with Crippen molar-refractivity contribution in [3.8, 4) is 0 Å². The van der Waals surface area contributed by atoms with E-state index in [1.807, 2.05) is 11.3 Å². The molecule has 0 spiro atoms. The molecule has 0 aliphatic carbocycles. The van der Waals surface area contributed by atoms with Crippen molar-refractivity contribution in [1.29, 1.82) is 0 Å². The predicted molar refractivity (Wildman–Crippen MR) is 81.8 cm³/mol. The molecule has 3 aromatic rings. The summed E-state index contributed by atoms with van der Waals surface area (Å²) < 4.78 is 1.39. The average molecular weight is 265 g/mol. The van der Waals surface area contributed by atoms with E-state index >= 15 is 0 Å². The van der Waals surface area contributed by atoms with Crippen molar-refractivity contribution < 1.29 is 0 Å². The van der Waals surface area contributed by atoms with E-state index in [1.54, 1.807) is 0 Å². The van der Waals surface area contributed by atoms with Gasteiger partial charge in [-0.15, -0.1) is 11.3 Å². The lowest BCUT2D eigenvalue weighted by molar-refractivity contribution is 0.596. The molecule has 1 aliphatic rings. The molecule has 94 valence electrons. The summed E-state index contributed by atoms with van der Waals surface area (Å²) in [4.78, 5) is 1.47. The Labute approximate surface area is 116 Å². The number of fused-ring (bicyclic) bond motifs is 2. The van der Waals surface area contributed by atoms with Gasteiger partial charge in [-0.05, 0) is 28.6 Å². The molecule has 1 unspecified atom stereocenters. The fourth-order valence-corrected chi connectivity index (χ4v) is 4.11. The Morgan fingerprint density at radius 2 is 1.84 bits per heavy atom. The minimum atomic E-state index is 0.502. The van der Waals surface area contributed by atoms with E-state index in [0.29, 0.717) is 5.92 Å². The van der Waals surface area contributed by atoms with Crippen LogP contribution in [-0.2, 0) is 6.54 Å². The zero-order chi connectivity index (χ0) is 12.7. The molecule has 0 amide bonds. The standard InChI is InChI=1S/C17H15NS/c1-3-7-14-13(6-1)10-18-11-15(14)17-9-12-5-2-4-8-16(12)19-17/h1-9,15,18H,10-11H2. The minimum absolute atomic E-state index is 0.502. The first kappa shape index (κ1) is 11.2. The Morgan fingerprint density at radius 3 is 2.79 bits per heavy atom. The van der Waals surface area contributed by atoms with E-state index in [1.165, 1.54) is 26.1 Å². The molecule has 0 saturated heterocycles. The molecule has 1 aromatic heterocycles. The van der Waals surface area contributed by atoms with Crippen molar-refractivity contribution in [3.63, 3.8) is 0 Å². The highest BCUT2D eigenvalue weighted by atomic mass is 32.1. The fraction of sp³-hybridized carbons (Fsp3) is 0.176. The molecular formula is C17H15NS. The first-order chi connectivity index (χ1) is 9.42. The van der Waals surface area contributed by atoms with Gasteiger partial charge in [-0.25, -0.2) is 0 Å². The molecule has 4 rings (SSSR count). The summed E-state index contributed by atoms with van der Waals surface area (Å²) in [5.41, 5.74) is 2.93. The molecule has 0 radical (unpaired) electrons. The van der Waals surface area contributed by atoms with Gasteiger partial charge >= 0.3 is 0 Å². The molecule has 2 aromatic carbocycles. The zero-order valence-electron chi connectivity index (χ0n) is 10.6. The van der Waals surface area contributed by atoms with Crippen LogP contribution >= 0.6 is 11.3 Å². The average Bonchev–Trinajstić information content (AvgIpc) is 2.90. The molecular weight excluding hydrogens is 250 g/mol. The lowest BCUT2D eigenvalue weighted by Gasteiger charge is -2.25. The van der Waals surface area contributed by atoms with Gasteiger partial charge in [-0.2, -0.15) is 0 Å². The molecule has 0 bridgehead atoms. The molecule has 1 atom stereocenters. The van der Waals surface area contributed by atoms with Crippen LogP contribution in [0.4, 0.5) is 0 Å². The van der Waals surface area contributed by atoms with E-state index in [2.05, 4.69) is 59.9 Å². The highest BCUT2D eigenvalue weighted by molar-refractivity contribution is 7.19. The Morgan fingerprint density at radius 1 is 1.00 bits per heavy atom. The molecule has 2 heterocycles. The topological polar surface area (TPSA) is 12.0 Å². The zero-order valence-corrected chi connectivity index (χ0v) is 11.4. The first-order valence-corrected chi connectivity index (χ1v) is 7.50. The summed E-state index contributed by atoms with van der Waals surface area (Å²) in [5, 5.41) is 4.91. The van der Waals surface area contributed by atoms with Crippen LogP contribution in [0, 0.1) is 0 Å². The first-order valence-electron chi connectivity index (χ1n) is 6.69. The van der Waals surface area contributed by atoms with Gasteiger partial charge in [0.05, 0.1) is 0 Å². The lowest BCUT2D eigenvalue weighted by atomic mass is 9.89. The third kappa shape index (κ3) is 1.88. The second-order valence-electron chi connectivity index (χ2n) is 5.07. The van der Waals surface area contributed by atoms with Crippen LogP contribution in [0.1, 0.15) is 21.9 Å². The fourth-order valence-electron chi connectivity index (χ4n) is 2.92. The van der Waals surface area contributed by atoms with Crippen LogP contribution in [0.25, 0.3) is 10.1 Å². The number of nitrogens with one attached hydrogen (secondary N) is 1. The molecule has 19 heavy (non-hydrogen) atoms. The van der Waals surface area contributed by atoms with E-state index in [0.717, 1.165) is 13.1 Å². The Kier molecular flexibility index (Phi) is 2.64. The van der Waals surface area contributed by atoms with Crippen LogP contribution in [-0.4, -0.2) is 6.54 Å². The number of rotatable bonds is 1. The molecule has 2 heteroatoms. The summed E-state index contributed by atoms with van der Waals surface area (Å²) in [6.45, 7) is 2.04. The summed E-state index contributed by atoms with van der Waals surface area (Å²) in [6.07, 6.45) is 0. The van der Waals surface area contributed by atoms with Gasteiger partial charge < -0.3 is 5.32 Å². The molecule has 1 N–H and O–H groups in total. The molecule has 0 fully saturated rings. The second kappa shape index (κ2) is 4.48. The van der Waals surface area contributed by atoms with Crippen LogP contribution in [0.2, 0.25) is 0 Å². The summed E-state index contributed by atoms with van der Waals surface area (Å²) in [5.74, 6) is 0.502. The van der Waals surface area contributed by atoms with E-state index in [-0.39, 0.29) is 0 Å². The number of hydrogen-bond acceptors (Lipinski definition) is 2. The Balaban J connectivity index is 1.85. The summed E-state index contributed by atoms with van der Waals surface area (Å²) >= 11 is 1.93. The van der Waals surface area contributed by atoms with Crippen LogP contribution in [0.15, 0.2) is 54.6 Å². The van der Waals surface area contributed by atoms with E-state index in [4.69, 9.17) is 0 Å². The molecule has 0 saturated carbocycles. The molecule has 1 aliphatic heterocycles. The van der Waals surface area contributed by atoms with Gasteiger partial charge in [0.25, 0.3) is 0 Å². The SMILES string of the molecule is c1ccc2c(c1)CNCC2c1cc2ccccc2s1. The lowest BCUT2D eigenvalue weighted by Crippen LogP contribution is -2.28. The van der Waals surface area contributed by atoms with Gasteiger partial charge in [-0.1, -0.05) is 42.5 Å². The third-order valence-electron chi connectivity index (χ3n) is 3.88. The van der Waals surface area contributed by atoms with Crippen molar-refractivity contribution in [3.05, 3.63) is 70.6 Å². The van der Waals surface area contributed by atoms with Gasteiger partial charge in [0.15, 0.2) is 0 Å². The number of hydrogen-bond donors (Lipinski definition) is 1. The van der Waals surface area contributed by atoms with Gasteiger partial charge in [0.2, 0.25) is 0 Å². The highest BCUT2D eigenvalue weighted by Crippen LogP contribution is 2.36. The second-order valence-corrected chi connectivity index (χ2v) is 6.18. The summed E-state index contributed by atoms with van der Waals surface area (Å²) in [6, 6.07) is 19.8. The number of benzene rings is 2. The van der Waals surface area contributed by atoms with Crippen LogP contribution in [0.5, 0.6) is 0 Å². The van der Waals surface area contributed by atoms with Crippen molar-refractivity contribution in [2.24, 2.45) is 0 Å². The van der Waals surface area contributed by atoms with E-state index < -0.39 is 0 Å². The Hall–Kier alpha value is -1.64. The van der Waals surface area contributed by atoms with Crippen molar-refractivity contribution in [1.82, 2.24) is 5.32 Å². The minimum Gasteiger partial charge on any atom is -0.312 e. The smallest absolute Gasteiger partial charge is 0.0345 e. The monoisotopic (exact) mass is 265 g/mol.